The van der Waals surface area contributed by atoms with Crippen molar-refractivity contribution in [3.63, 3.8) is 0 Å². The van der Waals surface area contributed by atoms with Crippen molar-refractivity contribution in [1.82, 2.24) is 4.90 Å². The van der Waals surface area contributed by atoms with Gasteiger partial charge in [-0.1, -0.05) is 23.7 Å². The average molecular weight is 386 g/mol. The number of carboxylic acid groups (broad SMARTS) is 1. The van der Waals surface area contributed by atoms with E-state index in [0.717, 1.165) is 0 Å². The smallest absolute Gasteiger partial charge is 0.410 e. The second-order valence-electron chi connectivity index (χ2n) is 7.78. The summed E-state index contributed by atoms with van der Waals surface area (Å²) in [6, 6.07) is 6.56. The van der Waals surface area contributed by atoms with E-state index in [9.17, 15) is 14.7 Å². The van der Waals surface area contributed by atoms with E-state index in [1.807, 2.05) is 0 Å². The molecule has 0 aromatic heterocycles. The minimum atomic E-state index is -1.03. The highest BCUT2D eigenvalue weighted by molar-refractivity contribution is 6.30. The van der Waals surface area contributed by atoms with Crippen LogP contribution in [0.2, 0.25) is 5.02 Å². The summed E-state index contributed by atoms with van der Waals surface area (Å²) in [5.74, 6) is -1.95. The molecule has 0 saturated heterocycles. The first kappa shape index (κ1) is 22.3. The number of aliphatic carboxylic acids is 1. The zero-order chi connectivity index (χ0) is 20.1. The lowest BCUT2D eigenvalue weighted by Gasteiger charge is -2.40. The SMILES string of the molecule is COCC(C)(C)N(C[C@@H](C(=O)O)c1ccc(Cl)cc1)C(=O)OC(C)(C)C. The van der Waals surface area contributed by atoms with Gasteiger partial charge in [-0.3, -0.25) is 9.69 Å². The standard InChI is InChI=1S/C19H28ClNO5/c1-18(2,3)26-17(24)21(19(4,5)12-25-6)11-15(16(22)23)13-7-9-14(20)10-8-13/h7-10,15H,11-12H2,1-6H3,(H,22,23)/t15-/m1/s1. The Morgan fingerprint density at radius 2 is 1.69 bits per heavy atom. The number of benzene rings is 1. The van der Waals surface area contributed by atoms with Crippen LogP contribution in [0.25, 0.3) is 0 Å². The molecule has 0 aliphatic carbocycles. The highest BCUT2D eigenvalue weighted by atomic mass is 35.5. The minimum absolute atomic E-state index is 0.0533. The maximum atomic E-state index is 12.8. The molecule has 1 aromatic rings. The van der Waals surface area contributed by atoms with E-state index in [2.05, 4.69) is 0 Å². The molecule has 0 fully saturated rings. The van der Waals surface area contributed by atoms with Gasteiger partial charge in [0, 0.05) is 18.7 Å². The van der Waals surface area contributed by atoms with Crippen LogP contribution in [-0.4, -0.2) is 53.5 Å². The fourth-order valence-corrected chi connectivity index (χ4v) is 2.65. The first-order valence-corrected chi connectivity index (χ1v) is 8.73. The van der Waals surface area contributed by atoms with E-state index in [0.29, 0.717) is 10.6 Å². The van der Waals surface area contributed by atoms with Crippen LogP contribution in [0.3, 0.4) is 0 Å². The molecule has 26 heavy (non-hydrogen) atoms. The van der Waals surface area contributed by atoms with Crippen LogP contribution >= 0.6 is 11.6 Å². The van der Waals surface area contributed by atoms with Crippen LogP contribution in [0, 0.1) is 0 Å². The van der Waals surface area contributed by atoms with E-state index < -0.39 is 29.1 Å². The molecule has 0 heterocycles. The number of hydrogen-bond acceptors (Lipinski definition) is 4. The van der Waals surface area contributed by atoms with Gasteiger partial charge in [0.05, 0.1) is 18.1 Å². The Bertz CT molecular complexity index is 622. The molecule has 1 atom stereocenters. The second-order valence-corrected chi connectivity index (χ2v) is 8.22. The number of hydrogen-bond donors (Lipinski definition) is 1. The largest absolute Gasteiger partial charge is 0.481 e. The molecule has 146 valence electrons. The fraction of sp³-hybridized carbons (Fsp3) is 0.579. The van der Waals surface area contributed by atoms with E-state index in [1.165, 1.54) is 12.0 Å². The van der Waals surface area contributed by atoms with Gasteiger partial charge >= 0.3 is 12.1 Å². The minimum Gasteiger partial charge on any atom is -0.481 e. The highest BCUT2D eigenvalue weighted by Crippen LogP contribution is 2.26. The summed E-state index contributed by atoms with van der Waals surface area (Å²) >= 11 is 5.89. The van der Waals surface area contributed by atoms with Gasteiger partial charge in [0.15, 0.2) is 0 Å². The number of nitrogens with zero attached hydrogens (tertiary/aromatic N) is 1. The van der Waals surface area contributed by atoms with Gasteiger partial charge in [0.2, 0.25) is 0 Å². The first-order valence-electron chi connectivity index (χ1n) is 8.35. The van der Waals surface area contributed by atoms with Crippen molar-refractivity contribution in [3.8, 4) is 0 Å². The van der Waals surface area contributed by atoms with Gasteiger partial charge in [-0.2, -0.15) is 0 Å². The van der Waals surface area contributed by atoms with Crippen molar-refractivity contribution in [2.45, 2.75) is 51.7 Å². The normalized spacial score (nSPS) is 13.2. The van der Waals surface area contributed by atoms with Crippen LogP contribution in [0.4, 0.5) is 4.79 Å². The quantitative estimate of drug-likeness (QED) is 0.762. The van der Waals surface area contributed by atoms with E-state index in [1.54, 1.807) is 58.9 Å². The molecule has 1 rings (SSSR count). The molecule has 1 aromatic carbocycles. The summed E-state index contributed by atoms with van der Waals surface area (Å²) in [5.41, 5.74) is -0.891. The van der Waals surface area contributed by atoms with Gasteiger partial charge in [-0.05, 0) is 52.3 Å². The fourth-order valence-electron chi connectivity index (χ4n) is 2.52. The maximum Gasteiger partial charge on any atom is 0.410 e. The van der Waals surface area contributed by atoms with Crippen molar-refractivity contribution < 1.29 is 24.2 Å². The third-order valence-corrected chi connectivity index (χ3v) is 4.03. The summed E-state index contributed by atoms with van der Waals surface area (Å²) in [5, 5.41) is 10.2. The highest BCUT2D eigenvalue weighted by Gasteiger charge is 2.37. The molecule has 0 aliphatic heterocycles. The number of methoxy groups -OCH3 is 1. The lowest BCUT2D eigenvalue weighted by molar-refractivity contribution is -0.139. The van der Waals surface area contributed by atoms with Crippen LogP contribution in [0.5, 0.6) is 0 Å². The molecule has 0 saturated carbocycles. The maximum absolute atomic E-state index is 12.8. The molecule has 0 spiro atoms. The molecule has 1 amide bonds. The van der Waals surface area contributed by atoms with Crippen LogP contribution in [-0.2, 0) is 14.3 Å². The summed E-state index contributed by atoms with van der Waals surface area (Å²) in [7, 11) is 1.53. The Kier molecular flexibility index (Phi) is 7.47. The van der Waals surface area contributed by atoms with Gasteiger partial charge in [-0.25, -0.2) is 4.79 Å². The topological polar surface area (TPSA) is 76.1 Å². The van der Waals surface area contributed by atoms with Gasteiger partial charge in [0.25, 0.3) is 0 Å². The molecule has 0 aliphatic rings. The summed E-state index contributed by atoms with van der Waals surface area (Å²) in [6.45, 7) is 9.09. The third kappa shape index (κ3) is 6.50. The zero-order valence-corrected chi connectivity index (χ0v) is 17.0. The first-order chi connectivity index (χ1) is 11.9. The number of amides is 1. The molecular formula is C19H28ClNO5. The number of halogens is 1. The number of carboxylic acids is 1. The summed E-state index contributed by atoms with van der Waals surface area (Å²) < 4.78 is 10.7. The number of rotatable bonds is 7. The Hall–Kier alpha value is -1.79. The molecule has 1 N–H and O–H groups in total. The zero-order valence-electron chi connectivity index (χ0n) is 16.2. The third-order valence-electron chi connectivity index (χ3n) is 3.78. The molecule has 6 nitrogen and oxygen atoms in total. The molecule has 7 heteroatoms. The predicted octanol–water partition coefficient (Wildman–Crippen LogP) is 4.17. The van der Waals surface area contributed by atoms with Crippen molar-refractivity contribution in [2.75, 3.05) is 20.3 Å². The number of carbonyl (C=O) groups is 2. The lowest BCUT2D eigenvalue weighted by atomic mass is 9.95. The summed E-state index contributed by atoms with van der Waals surface area (Å²) in [6.07, 6.45) is -0.584. The Balaban J connectivity index is 3.20. The predicted molar refractivity (Wildman–Crippen MR) is 101 cm³/mol. The van der Waals surface area contributed by atoms with Crippen molar-refractivity contribution in [2.24, 2.45) is 0 Å². The van der Waals surface area contributed by atoms with Crippen molar-refractivity contribution >= 4 is 23.7 Å². The molecular weight excluding hydrogens is 358 g/mol. The van der Waals surface area contributed by atoms with Gasteiger partial charge in [0.1, 0.15) is 5.60 Å². The van der Waals surface area contributed by atoms with Crippen LogP contribution < -0.4 is 0 Å². The summed E-state index contributed by atoms with van der Waals surface area (Å²) in [4.78, 5) is 26.0. The van der Waals surface area contributed by atoms with E-state index >= 15 is 0 Å². The molecule has 0 radical (unpaired) electrons. The Morgan fingerprint density at radius 3 is 2.12 bits per heavy atom. The molecule has 0 unspecified atom stereocenters. The monoisotopic (exact) mass is 385 g/mol. The van der Waals surface area contributed by atoms with Crippen LogP contribution in [0.1, 0.15) is 46.1 Å². The van der Waals surface area contributed by atoms with Crippen molar-refractivity contribution in [3.05, 3.63) is 34.9 Å². The number of carbonyl (C=O) groups excluding carboxylic acids is 1. The van der Waals surface area contributed by atoms with E-state index in [-0.39, 0.29) is 13.2 Å². The average Bonchev–Trinajstić information content (AvgIpc) is 2.46. The Morgan fingerprint density at radius 1 is 1.15 bits per heavy atom. The Labute approximate surface area is 160 Å². The lowest BCUT2D eigenvalue weighted by Crippen LogP contribution is -2.54. The van der Waals surface area contributed by atoms with Gasteiger partial charge < -0.3 is 14.6 Å². The molecule has 0 bridgehead atoms. The van der Waals surface area contributed by atoms with Crippen LogP contribution in [0.15, 0.2) is 24.3 Å². The van der Waals surface area contributed by atoms with Gasteiger partial charge in [-0.15, -0.1) is 0 Å². The van der Waals surface area contributed by atoms with E-state index in [4.69, 9.17) is 21.1 Å². The van der Waals surface area contributed by atoms with Crippen molar-refractivity contribution in [1.29, 1.82) is 0 Å². The second kappa shape index (κ2) is 8.73. The number of ether oxygens (including phenoxy) is 2.